The van der Waals surface area contributed by atoms with E-state index in [1.54, 1.807) is 0 Å². The van der Waals surface area contributed by atoms with Gasteiger partial charge in [0, 0.05) is 20.4 Å². The van der Waals surface area contributed by atoms with Crippen LogP contribution in [0.4, 0.5) is 0 Å². The molecular weight excluding hydrogens is 316 g/mol. The highest BCUT2D eigenvalue weighted by molar-refractivity contribution is 6.12. The highest BCUT2D eigenvalue weighted by atomic mass is 15.0. The van der Waals surface area contributed by atoms with Gasteiger partial charge >= 0.3 is 0 Å². The van der Waals surface area contributed by atoms with Crippen molar-refractivity contribution < 1.29 is 4.11 Å². The van der Waals surface area contributed by atoms with Crippen molar-refractivity contribution >= 4 is 27.3 Å². The van der Waals surface area contributed by atoms with Gasteiger partial charge in [0.1, 0.15) is 5.65 Å². The molecule has 0 unspecified atom stereocenters. The summed E-state index contributed by atoms with van der Waals surface area (Å²) in [5.74, 6) is 0. The van der Waals surface area contributed by atoms with Crippen LogP contribution in [0.5, 0.6) is 0 Å². The van der Waals surface area contributed by atoms with Crippen molar-refractivity contribution in [3.63, 3.8) is 0 Å². The van der Waals surface area contributed by atoms with Crippen molar-refractivity contribution in [3.05, 3.63) is 83.6 Å². The molecule has 0 bridgehead atoms. The first kappa shape index (κ1) is 12.3. The zero-order valence-corrected chi connectivity index (χ0v) is 14.7. The number of benzene rings is 3. The fraction of sp³-hybridized carbons (Fsp3) is 0.125. The highest BCUT2D eigenvalue weighted by Gasteiger charge is 2.19. The van der Waals surface area contributed by atoms with Crippen LogP contribution in [0.25, 0.3) is 38.6 Å². The lowest BCUT2D eigenvalue weighted by Crippen LogP contribution is -1.97. The van der Waals surface area contributed by atoms with Crippen LogP contribution < -0.4 is 0 Å². The number of hydrogen-bond acceptors (Lipinski definition) is 1. The second-order valence-corrected chi connectivity index (χ2v) is 6.80. The van der Waals surface area contributed by atoms with Crippen LogP contribution >= 0.6 is 0 Å². The summed E-state index contributed by atoms with van der Waals surface area (Å²) in [5, 5.41) is 3.11. The van der Waals surface area contributed by atoms with E-state index >= 15 is 0 Å². The second-order valence-electron chi connectivity index (χ2n) is 6.80. The third kappa shape index (κ3) is 1.96. The number of para-hydroxylation sites is 1. The molecule has 0 saturated carbocycles. The zero-order valence-electron chi connectivity index (χ0n) is 17.7. The van der Waals surface area contributed by atoms with Crippen LogP contribution in [-0.4, -0.2) is 9.38 Å². The van der Waals surface area contributed by atoms with Crippen LogP contribution in [0.1, 0.15) is 20.9 Å². The van der Waals surface area contributed by atoms with E-state index in [2.05, 4.69) is 12.1 Å². The Labute approximate surface area is 156 Å². The molecule has 3 aromatic carbocycles. The van der Waals surface area contributed by atoms with Gasteiger partial charge in [-0.15, -0.1) is 0 Å². The van der Waals surface area contributed by atoms with Gasteiger partial charge in [-0.1, -0.05) is 60.7 Å². The summed E-state index contributed by atoms with van der Waals surface area (Å²) in [6.45, 7) is 1.72. The summed E-state index contributed by atoms with van der Waals surface area (Å²) in [7, 11) is 0. The van der Waals surface area contributed by atoms with Gasteiger partial charge in [-0.05, 0) is 43.3 Å². The standard InChI is InChI=1S/C24H20N2/c1-15-9-8-10-16(2)22(15)23-17(3)25-24-20-13-5-4-11-18(20)19-12-6-7-14-21(19)26(23)24/h4-14H,1-3H3/i3D3. The van der Waals surface area contributed by atoms with Crippen LogP contribution in [0, 0.1) is 20.7 Å². The number of imidazole rings is 1. The zero-order chi connectivity index (χ0) is 20.3. The maximum absolute atomic E-state index is 8.21. The minimum Gasteiger partial charge on any atom is -0.291 e. The molecule has 0 saturated heterocycles. The Hall–Kier alpha value is -3.13. The molecule has 2 heteroatoms. The van der Waals surface area contributed by atoms with Gasteiger partial charge in [-0.2, -0.15) is 0 Å². The van der Waals surface area contributed by atoms with Gasteiger partial charge < -0.3 is 0 Å². The first-order valence-corrected chi connectivity index (χ1v) is 8.77. The van der Waals surface area contributed by atoms with Gasteiger partial charge in [-0.25, -0.2) is 4.98 Å². The van der Waals surface area contributed by atoms with Crippen molar-refractivity contribution in [3.8, 4) is 11.3 Å². The van der Waals surface area contributed by atoms with E-state index in [0.717, 1.165) is 38.4 Å². The van der Waals surface area contributed by atoms with Gasteiger partial charge in [0.25, 0.3) is 0 Å². The molecule has 2 nitrogen and oxygen atoms in total. The van der Waals surface area contributed by atoms with E-state index in [4.69, 9.17) is 9.10 Å². The molecule has 126 valence electrons. The molecule has 2 aromatic heterocycles. The van der Waals surface area contributed by atoms with E-state index in [1.807, 2.05) is 72.8 Å². The molecule has 5 aromatic rings. The second kappa shape index (κ2) is 5.43. The number of rotatable bonds is 1. The largest absolute Gasteiger partial charge is 0.291 e. The Morgan fingerprint density at radius 2 is 1.42 bits per heavy atom. The molecule has 0 spiro atoms. The van der Waals surface area contributed by atoms with E-state index in [-0.39, 0.29) is 5.69 Å². The van der Waals surface area contributed by atoms with Gasteiger partial charge in [-0.3, -0.25) is 4.40 Å². The van der Waals surface area contributed by atoms with Crippen LogP contribution in [-0.2, 0) is 0 Å². The topological polar surface area (TPSA) is 17.3 Å². The maximum atomic E-state index is 8.21. The number of aryl methyl sites for hydroxylation is 3. The number of pyridine rings is 1. The van der Waals surface area contributed by atoms with E-state index in [0.29, 0.717) is 11.3 Å². The summed E-state index contributed by atoms with van der Waals surface area (Å²) in [6.07, 6.45) is 0. The fourth-order valence-corrected chi connectivity index (χ4v) is 4.06. The number of aromatic nitrogens is 2. The summed E-state index contributed by atoms with van der Waals surface area (Å²) in [6, 6.07) is 22.2. The molecule has 0 radical (unpaired) electrons. The lowest BCUT2D eigenvalue weighted by Gasteiger charge is -2.14. The highest BCUT2D eigenvalue weighted by Crippen LogP contribution is 2.36. The molecule has 26 heavy (non-hydrogen) atoms. The van der Waals surface area contributed by atoms with Crippen molar-refractivity contribution in [1.82, 2.24) is 9.38 Å². The third-order valence-corrected chi connectivity index (χ3v) is 5.20. The lowest BCUT2D eigenvalue weighted by molar-refractivity contribution is 1.24. The molecule has 2 heterocycles. The molecule has 0 N–H and O–H groups in total. The number of nitrogens with zero attached hydrogens (tertiary/aromatic N) is 2. The van der Waals surface area contributed by atoms with Crippen molar-refractivity contribution in [1.29, 1.82) is 0 Å². The third-order valence-electron chi connectivity index (χ3n) is 5.20. The Morgan fingerprint density at radius 1 is 0.769 bits per heavy atom. The van der Waals surface area contributed by atoms with Gasteiger partial charge in [0.2, 0.25) is 0 Å². The quantitative estimate of drug-likeness (QED) is 0.331. The SMILES string of the molecule is [2H]C([2H])([2H])c1nc2c3ccccc3c3ccccc3n2c1-c1c(C)cccc1C. The van der Waals surface area contributed by atoms with Crippen molar-refractivity contribution in [2.24, 2.45) is 0 Å². The summed E-state index contributed by atoms with van der Waals surface area (Å²) >= 11 is 0. The molecule has 0 aliphatic heterocycles. The summed E-state index contributed by atoms with van der Waals surface area (Å²) in [5.41, 5.74) is 5.47. The number of fused-ring (bicyclic) bond motifs is 6. The smallest absolute Gasteiger partial charge is 0.145 e. The van der Waals surface area contributed by atoms with Crippen molar-refractivity contribution in [2.75, 3.05) is 0 Å². The van der Waals surface area contributed by atoms with E-state index < -0.39 is 6.85 Å². The maximum Gasteiger partial charge on any atom is 0.145 e. The Morgan fingerprint density at radius 3 is 2.15 bits per heavy atom. The van der Waals surface area contributed by atoms with Crippen LogP contribution in [0.3, 0.4) is 0 Å². The molecule has 0 aliphatic carbocycles. The summed E-state index contributed by atoms with van der Waals surface area (Å²) < 4.78 is 26.7. The Kier molecular flexibility index (Phi) is 2.56. The van der Waals surface area contributed by atoms with Crippen LogP contribution in [0.15, 0.2) is 66.7 Å². The van der Waals surface area contributed by atoms with E-state index in [1.165, 1.54) is 0 Å². The Balaban J connectivity index is 2.13. The normalized spacial score (nSPS) is 13.8. The minimum absolute atomic E-state index is 0.149. The molecule has 0 amide bonds. The predicted molar refractivity (Wildman–Crippen MR) is 110 cm³/mol. The molecular formula is C24H20N2. The summed E-state index contributed by atoms with van der Waals surface area (Å²) in [4.78, 5) is 4.72. The average molecular weight is 339 g/mol. The van der Waals surface area contributed by atoms with Crippen LogP contribution in [0.2, 0.25) is 0 Å². The number of hydrogen-bond donors (Lipinski definition) is 0. The minimum atomic E-state index is -2.32. The predicted octanol–water partition coefficient (Wildman–Crippen LogP) is 6.23. The molecule has 0 atom stereocenters. The van der Waals surface area contributed by atoms with Gasteiger partial charge in [0.05, 0.1) is 16.9 Å². The Bertz CT molecular complexity index is 1390. The van der Waals surface area contributed by atoms with E-state index in [9.17, 15) is 0 Å². The molecule has 0 fully saturated rings. The monoisotopic (exact) mass is 339 g/mol. The molecule has 0 aliphatic rings. The first-order valence-electron chi connectivity index (χ1n) is 10.3. The lowest BCUT2D eigenvalue weighted by atomic mass is 9.98. The average Bonchev–Trinajstić information content (AvgIpc) is 3.09. The fourth-order valence-electron chi connectivity index (χ4n) is 4.06. The first-order chi connectivity index (χ1) is 13.9. The van der Waals surface area contributed by atoms with Gasteiger partial charge in [0.15, 0.2) is 0 Å². The van der Waals surface area contributed by atoms with Crippen molar-refractivity contribution in [2.45, 2.75) is 20.7 Å². The molecule has 5 rings (SSSR count).